The predicted molar refractivity (Wildman–Crippen MR) is 79.5 cm³/mol. The zero-order valence-electron chi connectivity index (χ0n) is 9.96. The third-order valence-electron chi connectivity index (χ3n) is 2.52. The Hall–Kier alpha value is -1.30. The van der Waals surface area contributed by atoms with Crippen molar-refractivity contribution in [3.8, 4) is 5.75 Å². The summed E-state index contributed by atoms with van der Waals surface area (Å²) in [6.07, 6.45) is 0. The van der Waals surface area contributed by atoms with Crippen LogP contribution in [0.1, 0.15) is 0 Å². The van der Waals surface area contributed by atoms with Crippen LogP contribution in [0.4, 0.5) is 0 Å². The van der Waals surface area contributed by atoms with E-state index in [9.17, 15) is 0 Å². The summed E-state index contributed by atoms with van der Waals surface area (Å²) in [4.78, 5) is 10.5. The number of thiophene rings is 1. The van der Waals surface area contributed by atoms with E-state index in [0.717, 1.165) is 25.9 Å². The van der Waals surface area contributed by atoms with Crippen molar-refractivity contribution in [3.05, 3.63) is 41.0 Å². The highest BCUT2D eigenvalue weighted by Crippen LogP contribution is 2.35. The molecule has 0 bridgehead atoms. The second-order valence-electron chi connectivity index (χ2n) is 3.72. The van der Waals surface area contributed by atoms with E-state index >= 15 is 0 Å². The molecule has 0 saturated carbocycles. The fourth-order valence-corrected chi connectivity index (χ4v) is 3.71. The third-order valence-corrected chi connectivity index (χ3v) is 4.49. The lowest BCUT2D eigenvalue weighted by atomic mass is 10.3. The molecule has 1 aromatic carbocycles. The van der Waals surface area contributed by atoms with Gasteiger partial charge in [0.05, 0.1) is 7.11 Å². The summed E-state index contributed by atoms with van der Waals surface area (Å²) in [5, 5.41) is 4.16. The fourth-order valence-electron chi connectivity index (χ4n) is 1.66. The summed E-state index contributed by atoms with van der Waals surface area (Å²) in [6.45, 7) is 0. The molecule has 96 valence electrons. The molecule has 0 spiro atoms. The summed E-state index contributed by atoms with van der Waals surface area (Å²) < 4.78 is 5.22. The lowest BCUT2D eigenvalue weighted by Gasteiger charge is -2.05. The molecule has 0 aliphatic rings. The molecule has 0 radical (unpaired) electrons. The number of halogens is 1. The highest BCUT2D eigenvalue weighted by Gasteiger charge is 2.09. The molecule has 2 aromatic heterocycles. The fraction of sp³-hybridized carbons (Fsp3) is 0.0769. The Morgan fingerprint density at radius 3 is 3.00 bits per heavy atom. The van der Waals surface area contributed by atoms with E-state index in [1.165, 1.54) is 0 Å². The second kappa shape index (κ2) is 5.36. The number of fused-ring (bicyclic) bond motifs is 1. The van der Waals surface area contributed by atoms with Crippen LogP contribution >= 0.6 is 34.7 Å². The second-order valence-corrected chi connectivity index (χ2v) is 6.01. The minimum atomic E-state index is 0.278. The molecular formula is C13H9ClN2OS2. The molecule has 3 rings (SSSR count). The first kappa shape index (κ1) is 12.7. The van der Waals surface area contributed by atoms with Crippen LogP contribution in [0.15, 0.2) is 45.6 Å². The smallest absolute Gasteiger partial charge is 0.224 e. The van der Waals surface area contributed by atoms with Gasteiger partial charge in [0.1, 0.15) is 15.6 Å². The average molecular weight is 309 g/mol. The lowest BCUT2D eigenvalue weighted by Crippen LogP contribution is -1.87. The van der Waals surface area contributed by atoms with Gasteiger partial charge in [-0.2, -0.15) is 0 Å². The molecule has 2 heterocycles. The van der Waals surface area contributed by atoms with E-state index in [1.54, 1.807) is 30.2 Å². The third kappa shape index (κ3) is 2.68. The van der Waals surface area contributed by atoms with Crippen molar-refractivity contribution in [1.82, 2.24) is 9.97 Å². The van der Waals surface area contributed by atoms with E-state index in [0.29, 0.717) is 0 Å². The summed E-state index contributed by atoms with van der Waals surface area (Å²) >= 11 is 9.07. The number of ether oxygens (including phenoxy) is 1. The topological polar surface area (TPSA) is 35.0 Å². The van der Waals surface area contributed by atoms with Gasteiger partial charge in [0.25, 0.3) is 0 Å². The van der Waals surface area contributed by atoms with Gasteiger partial charge in [-0.25, -0.2) is 9.97 Å². The maximum Gasteiger partial charge on any atom is 0.224 e. The zero-order chi connectivity index (χ0) is 13.2. The summed E-state index contributed by atoms with van der Waals surface area (Å²) in [5.41, 5.74) is 0. The number of hydrogen-bond acceptors (Lipinski definition) is 5. The summed E-state index contributed by atoms with van der Waals surface area (Å²) in [5.74, 6) is 0.826. The van der Waals surface area contributed by atoms with Crippen LogP contribution in [0, 0.1) is 0 Å². The molecule has 0 unspecified atom stereocenters. The van der Waals surface area contributed by atoms with Crippen molar-refractivity contribution in [2.75, 3.05) is 7.11 Å². The SMILES string of the molecule is COc1cccc(Sc2nc(Cl)nc3sccc23)c1. The Morgan fingerprint density at radius 1 is 1.26 bits per heavy atom. The number of benzene rings is 1. The maximum absolute atomic E-state index is 5.95. The van der Waals surface area contributed by atoms with Crippen LogP contribution in [0.3, 0.4) is 0 Å². The van der Waals surface area contributed by atoms with Gasteiger partial charge >= 0.3 is 0 Å². The first-order chi connectivity index (χ1) is 9.26. The highest BCUT2D eigenvalue weighted by molar-refractivity contribution is 7.99. The van der Waals surface area contributed by atoms with E-state index < -0.39 is 0 Å². The average Bonchev–Trinajstić information content (AvgIpc) is 2.87. The van der Waals surface area contributed by atoms with Gasteiger partial charge in [0.15, 0.2) is 0 Å². The molecule has 6 heteroatoms. The Balaban J connectivity index is 2.02. The van der Waals surface area contributed by atoms with Gasteiger partial charge in [-0.3, -0.25) is 0 Å². The number of hydrogen-bond donors (Lipinski definition) is 0. The molecule has 19 heavy (non-hydrogen) atoms. The molecule has 0 amide bonds. The van der Waals surface area contributed by atoms with Crippen LogP contribution in [0.5, 0.6) is 5.75 Å². The normalized spacial score (nSPS) is 10.8. The van der Waals surface area contributed by atoms with Crippen molar-refractivity contribution < 1.29 is 4.74 Å². The van der Waals surface area contributed by atoms with Crippen LogP contribution in [-0.2, 0) is 0 Å². The molecular weight excluding hydrogens is 300 g/mol. The highest BCUT2D eigenvalue weighted by atomic mass is 35.5. The van der Waals surface area contributed by atoms with Crippen molar-refractivity contribution in [2.24, 2.45) is 0 Å². The molecule has 0 N–H and O–H groups in total. The first-order valence-corrected chi connectivity index (χ1v) is 7.56. The summed E-state index contributed by atoms with van der Waals surface area (Å²) in [6, 6.07) is 9.87. The standard InChI is InChI=1S/C13H9ClN2OS2/c1-17-8-3-2-4-9(7-8)19-12-10-5-6-18-11(10)15-13(14)16-12/h2-7H,1H3. The Kier molecular flexibility index (Phi) is 3.59. The number of nitrogens with zero attached hydrogens (tertiary/aromatic N) is 2. The van der Waals surface area contributed by atoms with Crippen molar-refractivity contribution >= 4 is 44.9 Å². The van der Waals surface area contributed by atoms with E-state index in [2.05, 4.69) is 9.97 Å². The Labute approximate surface area is 123 Å². The van der Waals surface area contributed by atoms with Gasteiger partial charge in [0, 0.05) is 10.3 Å². The lowest BCUT2D eigenvalue weighted by molar-refractivity contribution is 0.413. The maximum atomic E-state index is 5.95. The van der Waals surface area contributed by atoms with Crippen LogP contribution < -0.4 is 4.74 Å². The largest absolute Gasteiger partial charge is 0.497 e. The molecule has 0 atom stereocenters. The molecule has 0 fully saturated rings. The zero-order valence-corrected chi connectivity index (χ0v) is 12.4. The predicted octanol–water partition coefficient (Wildman–Crippen LogP) is 4.50. The minimum absolute atomic E-state index is 0.278. The number of methoxy groups -OCH3 is 1. The van der Waals surface area contributed by atoms with Crippen LogP contribution in [0.2, 0.25) is 5.28 Å². The van der Waals surface area contributed by atoms with Crippen LogP contribution in [0.25, 0.3) is 10.2 Å². The molecule has 0 aliphatic heterocycles. The van der Waals surface area contributed by atoms with Gasteiger partial charge in [-0.15, -0.1) is 11.3 Å². The van der Waals surface area contributed by atoms with Crippen molar-refractivity contribution in [3.63, 3.8) is 0 Å². The van der Waals surface area contributed by atoms with E-state index in [4.69, 9.17) is 16.3 Å². The Morgan fingerprint density at radius 2 is 2.16 bits per heavy atom. The molecule has 0 saturated heterocycles. The summed E-state index contributed by atoms with van der Waals surface area (Å²) in [7, 11) is 1.66. The van der Waals surface area contributed by atoms with Crippen LogP contribution in [-0.4, -0.2) is 17.1 Å². The quantitative estimate of drug-likeness (QED) is 0.527. The number of aromatic nitrogens is 2. The Bertz CT molecular complexity index is 729. The van der Waals surface area contributed by atoms with Gasteiger partial charge in [-0.1, -0.05) is 17.8 Å². The monoisotopic (exact) mass is 308 g/mol. The molecule has 3 aromatic rings. The van der Waals surface area contributed by atoms with E-state index in [1.807, 2.05) is 35.7 Å². The molecule has 3 nitrogen and oxygen atoms in total. The number of rotatable bonds is 3. The van der Waals surface area contributed by atoms with Crippen molar-refractivity contribution in [1.29, 1.82) is 0 Å². The van der Waals surface area contributed by atoms with Gasteiger partial charge < -0.3 is 4.74 Å². The molecule has 0 aliphatic carbocycles. The van der Waals surface area contributed by atoms with Crippen molar-refractivity contribution in [2.45, 2.75) is 9.92 Å². The first-order valence-electron chi connectivity index (χ1n) is 5.49. The minimum Gasteiger partial charge on any atom is -0.497 e. The van der Waals surface area contributed by atoms with Gasteiger partial charge in [-0.05, 0) is 41.2 Å². The van der Waals surface area contributed by atoms with Gasteiger partial charge in [0.2, 0.25) is 5.28 Å². The van der Waals surface area contributed by atoms with E-state index in [-0.39, 0.29) is 5.28 Å².